The van der Waals surface area contributed by atoms with E-state index in [4.69, 9.17) is 10.8 Å². The molecule has 0 heterocycles. The summed E-state index contributed by atoms with van der Waals surface area (Å²) in [6, 6.07) is 5.44. The number of hydrogen-bond donors (Lipinski definition) is 2. The van der Waals surface area contributed by atoms with E-state index in [1.807, 2.05) is 19.9 Å². The van der Waals surface area contributed by atoms with Crippen LogP contribution in [-0.2, 0) is 0 Å². The molecule has 0 spiro atoms. The van der Waals surface area contributed by atoms with E-state index < -0.39 is 0 Å². The van der Waals surface area contributed by atoms with Crippen LogP contribution in [0.4, 0.5) is 5.69 Å². The summed E-state index contributed by atoms with van der Waals surface area (Å²) in [5.74, 6) is -0.0675. The van der Waals surface area contributed by atoms with Gasteiger partial charge in [0.1, 0.15) is 0 Å². The first-order valence-corrected chi connectivity index (χ1v) is 5.86. The van der Waals surface area contributed by atoms with Crippen molar-refractivity contribution in [2.45, 2.75) is 20.3 Å². The summed E-state index contributed by atoms with van der Waals surface area (Å²) in [4.78, 5) is 13.9. The molecule has 4 heteroatoms. The van der Waals surface area contributed by atoms with E-state index in [2.05, 4.69) is 0 Å². The van der Waals surface area contributed by atoms with Gasteiger partial charge in [-0.05, 0) is 32.4 Å². The zero-order valence-corrected chi connectivity index (χ0v) is 10.4. The van der Waals surface area contributed by atoms with Crippen LogP contribution in [0.2, 0.25) is 0 Å². The van der Waals surface area contributed by atoms with Crippen molar-refractivity contribution in [3.8, 4) is 0 Å². The number of carbonyl (C=O) groups excluding carboxylic acids is 1. The van der Waals surface area contributed by atoms with E-state index in [-0.39, 0.29) is 12.5 Å². The Morgan fingerprint density at radius 3 is 2.76 bits per heavy atom. The monoisotopic (exact) mass is 236 g/mol. The number of nitrogens with zero attached hydrogens (tertiary/aromatic N) is 1. The molecule has 0 aliphatic carbocycles. The Morgan fingerprint density at radius 1 is 1.47 bits per heavy atom. The molecular formula is C13H20N2O2. The fourth-order valence-corrected chi connectivity index (χ4v) is 1.69. The molecule has 1 aromatic carbocycles. The Morgan fingerprint density at radius 2 is 2.18 bits per heavy atom. The van der Waals surface area contributed by atoms with E-state index in [0.717, 1.165) is 5.56 Å². The van der Waals surface area contributed by atoms with Gasteiger partial charge in [0.2, 0.25) is 0 Å². The SMILES string of the molecule is CCN(CCCO)C(=O)c1cc(C)ccc1N. The Balaban J connectivity index is 2.89. The normalized spacial score (nSPS) is 10.3. The van der Waals surface area contributed by atoms with Gasteiger partial charge in [0.05, 0.1) is 5.56 Å². The highest BCUT2D eigenvalue weighted by molar-refractivity contribution is 5.99. The number of hydrogen-bond acceptors (Lipinski definition) is 3. The highest BCUT2D eigenvalue weighted by atomic mass is 16.3. The van der Waals surface area contributed by atoms with Crippen LogP contribution in [0.3, 0.4) is 0 Å². The molecule has 0 aromatic heterocycles. The van der Waals surface area contributed by atoms with Crippen LogP contribution in [0.1, 0.15) is 29.3 Å². The molecule has 0 radical (unpaired) electrons. The minimum atomic E-state index is -0.0675. The minimum absolute atomic E-state index is 0.0675. The van der Waals surface area contributed by atoms with Crippen molar-refractivity contribution in [1.29, 1.82) is 0 Å². The molecule has 0 aliphatic heterocycles. The molecule has 4 nitrogen and oxygen atoms in total. The van der Waals surface area contributed by atoms with E-state index in [9.17, 15) is 4.79 Å². The maximum atomic E-state index is 12.2. The van der Waals surface area contributed by atoms with E-state index >= 15 is 0 Å². The highest BCUT2D eigenvalue weighted by Gasteiger charge is 2.16. The van der Waals surface area contributed by atoms with Crippen LogP contribution >= 0.6 is 0 Å². The van der Waals surface area contributed by atoms with Crippen LogP contribution < -0.4 is 5.73 Å². The van der Waals surface area contributed by atoms with Crippen molar-refractivity contribution in [3.05, 3.63) is 29.3 Å². The maximum Gasteiger partial charge on any atom is 0.255 e. The zero-order chi connectivity index (χ0) is 12.8. The molecule has 0 saturated heterocycles. The number of benzene rings is 1. The fourth-order valence-electron chi connectivity index (χ4n) is 1.69. The smallest absolute Gasteiger partial charge is 0.255 e. The average Bonchev–Trinajstić information content (AvgIpc) is 2.33. The van der Waals surface area contributed by atoms with Crippen molar-refractivity contribution in [2.75, 3.05) is 25.4 Å². The molecule has 1 aromatic rings. The maximum absolute atomic E-state index is 12.2. The molecule has 94 valence electrons. The Bertz CT molecular complexity index is 391. The second kappa shape index (κ2) is 6.25. The molecule has 1 amide bonds. The molecule has 1 rings (SSSR count). The third-order valence-corrected chi connectivity index (χ3v) is 2.69. The summed E-state index contributed by atoms with van der Waals surface area (Å²) < 4.78 is 0. The quantitative estimate of drug-likeness (QED) is 0.760. The lowest BCUT2D eigenvalue weighted by Gasteiger charge is -2.21. The Hall–Kier alpha value is -1.55. The lowest BCUT2D eigenvalue weighted by Crippen LogP contribution is -2.32. The first-order chi connectivity index (χ1) is 8.10. The average molecular weight is 236 g/mol. The number of nitrogens with two attached hydrogens (primary N) is 1. The van der Waals surface area contributed by atoms with Crippen LogP contribution in [0.25, 0.3) is 0 Å². The minimum Gasteiger partial charge on any atom is -0.398 e. The standard InChI is InChI=1S/C13H20N2O2/c1-3-15(7-4-8-16)13(17)11-9-10(2)5-6-12(11)14/h5-6,9,16H,3-4,7-8,14H2,1-2H3. The second-order valence-corrected chi connectivity index (χ2v) is 4.05. The topological polar surface area (TPSA) is 66.6 Å². The van der Waals surface area contributed by atoms with Gasteiger partial charge in [-0.1, -0.05) is 11.6 Å². The van der Waals surface area contributed by atoms with Crippen LogP contribution in [0, 0.1) is 6.92 Å². The van der Waals surface area contributed by atoms with Gasteiger partial charge in [0, 0.05) is 25.4 Å². The van der Waals surface area contributed by atoms with Gasteiger partial charge in [-0.25, -0.2) is 0 Å². The Labute approximate surface area is 102 Å². The number of aliphatic hydroxyl groups excluding tert-OH is 1. The number of rotatable bonds is 5. The molecule has 17 heavy (non-hydrogen) atoms. The molecule has 3 N–H and O–H groups in total. The molecule has 0 atom stereocenters. The number of amides is 1. The van der Waals surface area contributed by atoms with Gasteiger partial charge >= 0.3 is 0 Å². The summed E-state index contributed by atoms with van der Waals surface area (Å²) in [6.45, 7) is 5.11. The predicted molar refractivity (Wildman–Crippen MR) is 68.9 cm³/mol. The van der Waals surface area contributed by atoms with Gasteiger partial charge < -0.3 is 15.7 Å². The van der Waals surface area contributed by atoms with Crippen molar-refractivity contribution in [2.24, 2.45) is 0 Å². The van der Waals surface area contributed by atoms with Crippen LogP contribution in [-0.4, -0.2) is 35.6 Å². The molecule has 0 unspecified atom stereocenters. The number of nitrogen functional groups attached to an aromatic ring is 1. The largest absolute Gasteiger partial charge is 0.398 e. The van der Waals surface area contributed by atoms with Crippen LogP contribution in [0.5, 0.6) is 0 Å². The summed E-state index contributed by atoms with van der Waals surface area (Å²) in [5, 5.41) is 8.80. The molecule has 0 aliphatic rings. The highest BCUT2D eigenvalue weighted by Crippen LogP contribution is 2.16. The molecule has 0 saturated carbocycles. The summed E-state index contributed by atoms with van der Waals surface area (Å²) >= 11 is 0. The van der Waals surface area contributed by atoms with E-state index in [1.165, 1.54) is 0 Å². The third-order valence-electron chi connectivity index (χ3n) is 2.69. The number of carbonyl (C=O) groups is 1. The zero-order valence-electron chi connectivity index (χ0n) is 10.4. The van der Waals surface area contributed by atoms with Crippen molar-refractivity contribution in [3.63, 3.8) is 0 Å². The van der Waals surface area contributed by atoms with Gasteiger partial charge in [0.15, 0.2) is 0 Å². The van der Waals surface area contributed by atoms with Crippen LogP contribution in [0.15, 0.2) is 18.2 Å². The molecule has 0 fully saturated rings. The lowest BCUT2D eigenvalue weighted by molar-refractivity contribution is 0.0755. The first kappa shape index (κ1) is 13.5. The predicted octanol–water partition coefficient (Wildman–Crippen LogP) is 1.42. The molecular weight excluding hydrogens is 216 g/mol. The number of aryl methyl sites for hydroxylation is 1. The van der Waals surface area contributed by atoms with Gasteiger partial charge in [0.25, 0.3) is 5.91 Å². The van der Waals surface area contributed by atoms with Gasteiger partial charge in [-0.15, -0.1) is 0 Å². The number of aliphatic hydroxyl groups is 1. The van der Waals surface area contributed by atoms with E-state index in [0.29, 0.717) is 30.8 Å². The summed E-state index contributed by atoms with van der Waals surface area (Å²) in [6.07, 6.45) is 0.589. The second-order valence-electron chi connectivity index (χ2n) is 4.05. The van der Waals surface area contributed by atoms with Gasteiger partial charge in [-0.3, -0.25) is 4.79 Å². The summed E-state index contributed by atoms with van der Waals surface area (Å²) in [7, 11) is 0. The fraction of sp³-hybridized carbons (Fsp3) is 0.462. The van der Waals surface area contributed by atoms with Crippen molar-refractivity contribution >= 4 is 11.6 Å². The molecule has 0 bridgehead atoms. The number of anilines is 1. The Kier molecular flexibility index (Phi) is 4.97. The van der Waals surface area contributed by atoms with Gasteiger partial charge in [-0.2, -0.15) is 0 Å². The van der Waals surface area contributed by atoms with Crippen molar-refractivity contribution < 1.29 is 9.90 Å². The third kappa shape index (κ3) is 3.46. The lowest BCUT2D eigenvalue weighted by atomic mass is 10.1. The van der Waals surface area contributed by atoms with Crippen molar-refractivity contribution in [1.82, 2.24) is 4.90 Å². The first-order valence-electron chi connectivity index (χ1n) is 5.86. The summed E-state index contributed by atoms with van der Waals surface area (Å²) in [5.41, 5.74) is 7.88. The van der Waals surface area contributed by atoms with E-state index in [1.54, 1.807) is 17.0 Å².